The highest BCUT2D eigenvalue weighted by atomic mass is 19.1. The Morgan fingerprint density at radius 1 is 1.05 bits per heavy atom. The number of hydrogen-bond donors (Lipinski definition) is 1. The molecule has 1 N–H and O–H groups in total. The molecule has 0 amide bonds. The molecule has 3 heteroatoms. The molecule has 0 radical (unpaired) electrons. The molecule has 0 spiro atoms. The number of aliphatic hydroxyl groups excluding tert-OH is 1. The van der Waals surface area contributed by atoms with Gasteiger partial charge in [0, 0.05) is 5.92 Å². The fraction of sp³-hybridized carbons (Fsp3) is 0.368. The molecular weight excluding hydrogens is 279 g/mol. The molecule has 1 aliphatic heterocycles. The largest absolute Gasteiger partial charge is 0.394 e. The quantitative estimate of drug-likeness (QED) is 0.869. The molecule has 1 aliphatic carbocycles. The van der Waals surface area contributed by atoms with Gasteiger partial charge >= 0.3 is 0 Å². The van der Waals surface area contributed by atoms with Crippen LogP contribution in [0.15, 0.2) is 42.5 Å². The maximum atomic E-state index is 13.8. The van der Waals surface area contributed by atoms with Crippen molar-refractivity contribution in [1.82, 2.24) is 0 Å². The van der Waals surface area contributed by atoms with E-state index in [-0.39, 0.29) is 30.5 Å². The minimum Gasteiger partial charge on any atom is -0.394 e. The SMILES string of the molecule is OC[C@H]1CC[C@@H]2c3ccccc3Cc3ccc(F)cc3[C@H]2O1. The van der Waals surface area contributed by atoms with Crippen LogP contribution in [0.25, 0.3) is 0 Å². The molecule has 114 valence electrons. The minimum atomic E-state index is -0.224. The van der Waals surface area contributed by atoms with Crippen molar-refractivity contribution in [1.29, 1.82) is 0 Å². The van der Waals surface area contributed by atoms with Gasteiger partial charge in [-0.25, -0.2) is 4.39 Å². The fourth-order valence-electron chi connectivity index (χ4n) is 3.88. The third kappa shape index (κ3) is 2.25. The number of ether oxygens (including phenoxy) is 1. The lowest BCUT2D eigenvalue weighted by molar-refractivity contribution is -0.0853. The Labute approximate surface area is 129 Å². The van der Waals surface area contributed by atoms with E-state index >= 15 is 0 Å². The molecule has 22 heavy (non-hydrogen) atoms. The van der Waals surface area contributed by atoms with Gasteiger partial charge in [0.2, 0.25) is 0 Å². The Balaban J connectivity index is 1.87. The molecule has 1 saturated heterocycles. The normalized spacial score (nSPS) is 26.5. The summed E-state index contributed by atoms with van der Waals surface area (Å²) < 4.78 is 19.9. The van der Waals surface area contributed by atoms with E-state index in [0.29, 0.717) is 0 Å². The summed E-state index contributed by atoms with van der Waals surface area (Å²) in [6.45, 7) is 0.0233. The van der Waals surface area contributed by atoms with Crippen molar-refractivity contribution in [2.45, 2.75) is 37.4 Å². The first-order chi connectivity index (χ1) is 10.8. The maximum Gasteiger partial charge on any atom is 0.123 e. The van der Waals surface area contributed by atoms with Crippen molar-refractivity contribution in [2.24, 2.45) is 0 Å². The predicted molar refractivity (Wildman–Crippen MR) is 82.3 cm³/mol. The standard InChI is InChI=1S/C19H19FO2/c20-14-6-5-13-9-12-3-1-2-4-16(12)17-8-7-15(11-21)22-19(17)18(13)10-14/h1-6,10,15,17,19,21H,7-9,11H2/t15-,17-,19+/m1/s1. The van der Waals surface area contributed by atoms with Crippen LogP contribution in [0.3, 0.4) is 0 Å². The van der Waals surface area contributed by atoms with Crippen molar-refractivity contribution in [3.63, 3.8) is 0 Å². The lowest BCUT2D eigenvalue weighted by Crippen LogP contribution is -2.30. The van der Waals surface area contributed by atoms with Gasteiger partial charge in [-0.05, 0) is 53.6 Å². The summed E-state index contributed by atoms with van der Waals surface area (Å²) in [4.78, 5) is 0. The zero-order valence-electron chi connectivity index (χ0n) is 12.3. The van der Waals surface area contributed by atoms with Gasteiger partial charge in [0.05, 0.1) is 18.8 Å². The minimum absolute atomic E-state index is 0.0233. The molecule has 2 aromatic rings. The Morgan fingerprint density at radius 3 is 2.73 bits per heavy atom. The first kappa shape index (κ1) is 13.9. The number of fused-ring (bicyclic) bond motifs is 5. The van der Waals surface area contributed by atoms with Gasteiger partial charge in [-0.2, -0.15) is 0 Å². The summed E-state index contributed by atoms with van der Waals surface area (Å²) in [6.07, 6.45) is 2.30. The zero-order chi connectivity index (χ0) is 15.1. The summed E-state index contributed by atoms with van der Waals surface area (Å²) in [5.74, 6) is 0.0141. The average molecular weight is 298 g/mol. The van der Waals surface area contributed by atoms with Crippen LogP contribution in [0, 0.1) is 5.82 Å². The molecule has 1 heterocycles. The molecule has 4 rings (SSSR count). The zero-order valence-corrected chi connectivity index (χ0v) is 12.3. The van der Waals surface area contributed by atoms with Crippen molar-refractivity contribution in [2.75, 3.05) is 6.61 Å². The van der Waals surface area contributed by atoms with Crippen LogP contribution < -0.4 is 0 Å². The lowest BCUT2D eigenvalue weighted by Gasteiger charge is -2.36. The van der Waals surface area contributed by atoms with E-state index in [2.05, 4.69) is 24.3 Å². The van der Waals surface area contributed by atoms with Crippen molar-refractivity contribution >= 4 is 0 Å². The molecule has 1 fully saturated rings. The van der Waals surface area contributed by atoms with Gasteiger partial charge in [-0.3, -0.25) is 0 Å². The van der Waals surface area contributed by atoms with Crippen LogP contribution in [0.1, 0.15) is 47.1 Å². The monoisotopic (exact) mass is 298 g/mol. The molecule has 2 nitrogen and oxygen atoms in total. The molecule has 3 atom stereocenters. The number of halogens is 1. The van der Waals surface area contributed by atoms with Gasteiger partial charge in [0.25, 0.3) is 0 Å². The highest BCUT2D eigenvalue weighted by Gasteiger charge is 2.37. The van der Waals surface area contributed by atoms with Gasteiger partial charge in [0.1, 0.15) is 5.82 Å². The van der Waals surface area contributed by atoms with Crippen LogP contribution in [0.4, 0.5) is 4.39 Å². The Morgan fingerprint density at radius 2 is 1.86 bits per heavy atom. The summed E-state index contributed by atoms with van der Waals surface area (Å²) in [6, 6.07) is 13.4. The van der Waals surface area contributed by atoms with Crippen LogP contribution in [-0.2, 0) is 11.2 Å². The number of rotatable bonds is 1. The smallest absolute Gasteiger partial charge is 0.123 e. The topological polar surface area (TPSA) is 29.5 Å². The van der Waals surface area contributed by atoms with E-state index < -0.39 is 0 Å². The maximum absolute atomic E-state index is 13.8. The van der Waals surface area contributed by atoms with Crippen LogP contribution in [-0.4, -0.2) is 17.8 Å². The van der Waals surface area contributed by atoms with E-state index in [1.807, 2.05) is 6.07 Å². The highest BCUT2D eigenvalue weighted by Crippen LogP contribution is 2.47. The number of hydrogen-bond acceptors (Lipinski definition) is 2. The third-order valence-corrected chi connectivity index (χ3v) is 4.96. The molecule has 0 aromatic heterocycles. The van der Waals surface area contributed by atoms with Crippen LogP contribution in [0.2, 0.25) is 0 Å². The van der Waals surface area contributed by atoms with Crippen LogP contribution in [0.5, 0.6) is 0 Å². The first-order valence-corrected chi connectivity index (χ1v) is 7.88. The molecule has 2 aliphatic rings. The first-order valence-electron chi connectivity index (χ1n) is 7.88. The molecule has 2 aromatic carbocycles. The molecule has 0 bridgehead atoms. The lowest BCUT2D eigenvalue weighted by atomic mass is 9.82. The predicted octanol–water partition coefficient (Wildman–Crippen LogP) is 3.73. The molecule has 0 saturated carbocycles. The number of benzene rings is 2. The summed E-state index contributed by atoms with van der Waals surface area (Å²) in [5, 5.41) is 9.45. The second-order valence-corrected chi connectivity index (χ2v) is 6.26. The molecular formula is C19H19FO2. The van der Waals surface area contributed by atoms with E-state index in [4.69, 9.17) is 4.74 Å². The van der Waals surface area contributed by atoms with Crippen molar-refractivity contribution < 1.29 is 14.2 Å². The van der Waals surface area contributed by atoms with Crippen LogP contribution >= 0.6 is 0 Å². The van der Waals surface area contributed by atoms with Crippen molar-refractivity contribution in [3.05, 3.63) is 70.5 Å². The van der Waals surface area contributed by atoms with Gasteiger partial charge in [-0.1, -0.05) is 30.3 Å². The number of aliphatic hydroxyl groups is 1. The highest BCUT2D eigenvalue weighted by molar-refractivity contribution is 5.44. The van der Waals surface area contributed by atoms with E-state index in [1.54, 1.807) is 6.07 Å². The fourth-order valence-corrected chi connectivity index (χ4v) is 3.88. The Hall–Kier alpha value is -1.71. The average Bonchev–Trinajstić information content (AvgIpc) is 2.69. The van der Waals surface area contributed by atoms with E-state index in [9.17, 15) is 9.50 Å². The Bertz CT molecular complexity index is 698. The second-order valence-electron chi connectivity index (χ2n) is 6.26. The van der Waals surface area contributed by atoms with Gasteiger partial charge < -0.3 is 9.84 Å². The second kappa shape index (κ2) is 5.49. The summed E-state index contributed by atoms with van der Waals surface area (Å²) >= 11 is 0. The van der Waals surface area contributed by atoms with E-state index in [0.717, 1.165) is 30.4 Å². The van der Waals surface area contributed by atoms with Crippen molar-refractivity contribution in [3.8, 4) is 0 Å². The van der Waals surface area contributed by atoms with Gasteiger partial charge in [-0.15, -0.1) is 0 Å². The summed E-state index contributed by atoms with van der Waals surface area (Å²) in [5.41, 5.74) is 4.67. The van der Waals surface area contributed by atoms with Gasteiger partial charge in [0.15, 0.2) is 0 Å². The third-order valence-electron chi connectivity index (χ3n) is 4.96. The van der Waals surface area contributed by atoms with E-state index in [1.165, 1.54) is 17.2 Å². The molecule has 0 unspecified atom stereocenters. The summed E-state index contributed by atoms with van der Waals surface area (Å²) in [7, 11) is 0. The Kier molecular flexibility index (Phi) is 3.47.